The molecule has 0 fully saturated rings. The van der Waals surface area contributed by atoms with Crippen LogP contribution < -0.4 is 0 Å². The van der Waals surface area contributed by atoms with Gasteiger partial charge in [0.25, 0.3) is 0 Å². The second-order valence-electron chi connectivity index (χ2n) is 6.08. The van der Waals surface area contributed by atoms with E-state index in [0.717, 1.165) is 12.8 Å². The van der Waals surface area contributed by atoms with Crippen LogP contribution in [-0.2, 0) is 14.3 Å². The summed E-state index contributed by atoms with van der Waals surface area (Å²) in [6.07, 6.45) is 15.8. The van der Waals surface area contributed by atoms with Crippen molar-refractivity contribution in [3.05, 3.63) is 24.8 Å². The lowest BCUT2D eigenvalue weighted by molar-refractivity contribution is -0.139. The molecule has 0 bridgehead atoms. The molecule has 0 unspecified atom stereocenters. The molecule has 3 nitrogen and oxygen atoms in total. The third kappa shape index (κ3) is 15.6. The maximum atomic E-state index is 11.6. The predicted octanol–water partition coefficient (Wildman–Crippen LogP) is 5.60. The lowest BCUT2D eigenvalue weighted by Crippen LogP contribution is -2.12. The first-order valence-electron chi connectivity index (χ1n) is 9.25. The van der Waals surface area contributed by atoms with Crippen molar-refractivity contribution in [2.75, 3.05) is 19.8 Å². The molecule has 0 aromatic heterocycles. The zero-order valence-corrected chi connectivity index (χ0v) is 15.1. The summed E-state index contributed by atoms with van der Waals surface area (Å²) in [5.41, 5.74) is 0.370. The van der Waals surface area contributed by atoms with E-state index in [-0.39, 0.29) is 12.6 Å². The number of unbranched alkanes of at least 4 members (excludes halogenated alkanes) is 10. The highest BCUT2D eigenvalue weighted by Gasteiger charge is 2.07. The summed E-state index contributed by atoms with van der Waals surface area (Å²) in [4.78, 5) is 11.6. The Morgan fingerprint density at radius 1 is 0.913 bits per heavy atom. The normalized spacial score (nSPS) is 10.5. The van der Waals surface area contributed by atoms with Crippen LogP contribution in [0.15, 0.2) is 24.8 Å². The fourth-order valence-corrected chi connectivity index (χ4v) is 2.36. The molecule has 0 rings (SSSR count). The Hall–Kier alpha value is -1.09. The third-order valence-electron chi connectivity index (χ3n) is 3.78. The first kappa shape index (κ1) is 21.9. The van der Waals surface area contributed by atoms with E-state index in [2.05, 4.69) is 20.1 Å². The van der Waals surface area contributed by atoms with Crippen molar-refractivity contribution in [3.63, 3.8) is 0 Å². The second-order valence-corrected chi connectivity index (χ2v) is 6.08. The fraction of sp³-hybridized carbons (Fsp3) is 0.750. The summed E-state index contributed by atoms with van der Waals surface area (Å²) in [6, 6.07) is 0. The quantitative estimate of drug-likeness (QED) is 0.151. The Balaban J connectivity index is 3.27. The van der Waals surface area contributed by atoms with Crippen LogP contribution in [0.2, 0.25) is 0 Å². The minimum Gasteiger partial charge on any atom is -0.462 e. The number of hydrogen-bond donors (Lipinski definition) is 0. The molecule has 134 valence electrons. The minimum atomic E-state index is -0.346. The van der Waals surface area contributed by atoms with E-state index in [4.69, 9.17) is 9.47 Å². The molecule has 0 aromatic rings. The van der Waals surface area contributed by atoms with E-state index in [1.54, 1.807) is 6.08 Å². The molecule has 0 aliphatic heterocycles. The summed E-state index contributed by atoms with van der Waals surface area (Å²) < 4.78 is 10.3. The molecule has 3 heteroatoms. The average molecular weight is 325 g/mol. The lowest BCUT2D eigenvalue weighted by atomic mass is 10.1. The van der Waals surface area contributed by atoms with Crippen LogP contribution in [0.1, 0.15) is 77.6 Å². The summed E-state index contributed by atoms with van der Waals surface area (Å²) in [5, 5.41) is 0. The summed E-state index contributed by atoms with van der Waals surface area (Å²) in [7, 11) is 0. The number of esters is 1. The number of rotatable bonds is 17. The Kier molecular flexibility index (Phi) is 16.4. The smallest absolute Gasteiger partial charge is 0.335 e. The molecule has 0 aromatic carbocycles. The topological polar surface area (TPSA) is 35.5 Å². The SMILES string of the molecule is C=CCOCC(=C)C(=O)OCCCCCCCCCCCCC. The zero-order valence-electron chi connectivity index (χ0n) is 15.1. The van der Waals surface area contributed by atoms with Crippen LogP contribution in [0.25, 0.3) is 0 Å². The van der Waals surface area contributed by atoms with Crippen LogP contribution in [-0.4, -0.2) is 25.8 Å². The van der Waals surface area contributed by atoms with Gasteiger partial charge in [-0.25, -0.2) is 4.79 Å². The van der Waals surface area contributed by atoms with Gasteiger partial charge in [-0.05, 0) is 6.42 Å². The van der Waals surface area contributed by atoms with Crippen LogP contribution in [0, 0.1) is 0 Å². The number of carbonyl (C=O) groups is 1. The van der Waals surface area contributed by atoms with Crippen molar-refractivity contribution < 1.29 is 14.3 Å². The molecule has 0 atom stereocenters. The first-order valence-corrected chi connectivity index (χ1v) is 9.25. The van der Waals surface area contributed by atoms with Gasteiger partial charge in [0.05, 0.1) is 25.4 Å². The van der Waals surface area contributed by atoms with Crippen LogP contribution in [0.3, 0.4) is 0 Å². The van der Waals surface area contributed by atoms with Crippen LogP contribution in [0.5, 0.6) is 0 Å². The first-order chi connectivity index (χ1) is 11.2. The largest absolute Gasteiger partial charge is 0.462 e. The molecular formula is C20H36O3. The maximum Gasteiger partial charge on any atom is 0.335 e. The number of ether oxygens (including phenoxy) is 2. The van der Waals surface area contributed by atoms with Crippen LogP contribution >= 0.6 is 0 Å². The van der Waals surface area contributed by atoms with Gasteiger partial charge in [0.2, 0.25) is 0 Å². The minimum absolute atomic E-state index is 0.211. The second kappa shape index (κ2) is 17.3. The van der Waals surface area contributed by atoms with Crippen molar-refractivity contribution in [3.8, 4) is 0 Å². The van der Waals surface area contributed by atoms with Crippen molar-refractivity contribution in [1.29, 1.82) is 0 Å². The Bertz CT molecular complexity index is 310. The zero-order chi connectivity index (χ0) is 17.2. The highest BCUT2D eigenvalue weighted by Crippen LogP contribution is 2.11. The van der Waals surface area contributed by atoms with E-state index in [0.29, 0.717) is 18.8 Å². The van der Waals surface area contributed by atoms with E-state index >= 15 is 0 Å². The molecule has 0 N–H and O–H groups in total. The lowest BCUT2D eigenvalue weighted by Gasteiger charge is -2.07. The molecule has 0 aliphatic carbocycles. The van der Waals surface area contributed by atoms with Gasteiger partial charge >= 0.3 is 5.97 Å². The summed E-state index contributed by atoms with van der Waals surface area (Å²) in [5.74, 6) is -0.346. The van der Waals surface area contributed by atoms with Gasteiger partial charge in [0, 0.05) is 0 Å². The van der Waals surface area contributed by atoms with Crippen molar-refractivity contribution in [2.45, 2.75) is 77.6 Å². The van der Waals surface area contributed by atoms with Crippen molar-refractivity contribution >= 4 is 5.97 Å². The standard InChI is InChI=1S/C20H36O3/c1-4-6-7-8-9-10-11-12-13-14-15-17-23-20(21)19(3)18-22-16-5-2/h5H,2-4,6-18H2,1H3. The van der Waals surface area contributed by atoms with Gasteiger partial charge in [-0.3, -0.25) is 0 Å². The molecule has 0 spiro atoms. The molecule has 0 amide bonds. The van der Waals surface area contributed by atoms with Crippen molar-refractivity contribution in [1.82, 2.24) is 0 Å². The van der Waals surface area contributed by atoms with Gasteiger partial charge in [0.15, 0.2) is 0 Å². The van der Waals surface area contributed by atoms with Gasteiger partial charge in [-0.2, -0.15) is 0 Å². The molecule has 0 radical (unpaired) electrons. The molecule has 0 aliphatic rings. The van der Waals surface area contributed by atoms with E-state index in [9.17, 15) is 4.79 Å². The summed E-state index contributed by atoms with van der Waals surface area (Å²) >= 11 is 0. The Labute approximate surface area is 143 Å². The maximum absolute atomic E-state index is 11.6. The molecular weight excluding hydrogens is 288 g/mol. The summed E-state index contributed by atoms with van der Waals surface area (Å²) in [6.45, 7) is 10.6. The molecule has 0 saturated carbocycles. The van der Waals surface area contributed by atoms with E-state index in [1.807, 2.05) is 0 Å². The van der Waals surface area contributed by atoms with E-state index < -0.39 is 0 Å². The Morgan fingerprint density at radius 2 is 1.43 bits per heavy atom. The average Bonchev–Trinajstić information content (AvgIpc) is 2.55. The fourth-order valence-electron chi connectivity index (χ4n) is 2.36. The number of carbonyl (C=O) groups excluding carboxylic acids is 1. The molecule has 0 heterocycles. The van der Waals surface area contributed by atoms with E-state index in [1.165, 1.54) is 57.8 Å². The highest BCUT2D eigenvalue weighted by atomic mass is 16.5. The van der Waals surface area contributed by atoms with Crippen molar-refractivity contribution in [2.24, 2.45) is 0 Å². The van der Waals surface area contributed by atoms with Gasteiger partial charge in [-0.1, -0.05) is 83.8 Å². The molecule has 23 heavy (non-hydrogen) atoms. The Morgan fingerprint density at radius 3 is 1.96 bits per heavy atom. The molecule has 0 saturated heterocycles. The third-order valence-corrected chi connectivity index (χ3v) is 3.78. The van der Waals surface area contributed by atoms with Gasteiger partial charge in [0.1, 0.15) is 0 Å². The van der Waals surface area contributed by atoms with Gasteiger partial charge < -0.3 is 9.47 Å². The van der Waals surface area contributed by atoms with Crippen LogP contribution in [0.4, 0.5) is 0 Å². The monoisotopic (exact) mass is 324 g/mol. The van der Waals surface area contributed by atoms with Gasteiger partial charge in [-0.15, -0.1) is 6.58 Å². The number of hydrogen-bond acceptors (Lipinski definition) is 3. The highest BCUT2D eigenvalue weighted by molar-refractivity contribution is 5.87. The predicted molar refractivity (Wildman–Crippen MR) is 97.6 cm³/mol.